The third-order valence-electron chi connectivity index (χ3n) is 3.10. The fraction of sp³-hybridized carbons (Fsp3) is 1.00. The smallest absolute Gasteiger partial charge is 0.0445 e. The zero-order valence-corrected chi connectivity index (χ0v) is 8.92. The van der Waals surface area contributed by atoms with Gasteiger partial charge in [0.15, 0.2) is 0 Å². The van der Waals surface area contributed by atoms with Crippen LogP contribution in [0.4, 0.5) is 0 Å². The predicted octanol–water partition coefficient (Wildman–Crippen LogP) is 1.93. The van der Waals surface area contributed by atoms with Crippen LogP contribution in [0.1, 0.15) is 46.0 Å². The van der Waals surface area contributed by atoms with E-state index in [1.54, 1.807) is 0 Å². The Morgan fingerprint density at radius 2 is 1.92 bits per heavy atom. The largest absolute Gasteiger partial charge is 0.396 e. The second kappa shape index (κ2) is 5.61. The van der Waals surface area contributed by atoms with Gasteiger partial charge in [0.25, 0.3) is 0 Å². The number of rotatable bonds is 4. The molecule has 0 heterocycles. The second-order valence-electron chi connectivity index (χ2n) is 4.54. The van der Waals surface area contributed by atoms with E-state index in [-0.39, 0.29) is 0 Å². The lowest BCUT2D eigenvalue weighted by atomic mass is 9.87. The summed E-state index contributed by atoms with van der Waals surface area (Å²) in [5.74, 6) is 0.922. The van der Waals surface area contributed by atoms with Crippen molar-refractivity contribution in [2.24, 2.45) is 5.92 Å². The average molecular weight is 185 g/mol. The highest BCUT2D eigenvalue weighted by Crippen LogP contribution is 2.23. The van der Waals surface area contributed by atoms with Gasteiger partial charge in [-0.15, -0.1) is 0 Å². The van der Waals surface area contributed by atoms with Crippen molar-refractivity contribution in [3.63, 3.8) is 0 Å². The normalized spacial score (nSPS) is 31.6. The van der Waals surface area contributed by atoms with Crippen molar-refractivity contribution < 1.29 is 5.11 Å². The highest BCUT2D eigenvalue weighted by molar-refractivity contribution is 4.77. The Balaban J connectivity index is 2.14. The van der Waals surface area contributed by atoms with Gasteiger partial charge < -0.3 is 10.4 Å². The molecule has 0 amide bonds. The maximum absolute atomic E-state index is 8.77. The summed E-state index contributed by atoms with van der Waals surface area (Å²) in [4.78, 5) is 0. The third kappa shape index (κ3) is 4.10. The Morgan fingerprint density at radius 1 is 1.31 bits per heavy atom. The van der Waals surface area contributed by atoms with Crippen LogP contribution in [0.2, 0.25) is 0 Å². The molecule has 2 heteroatoms. The molecule has 0 aromatic heterocycles. The number of nitrogens with one attached hydrogen (secondary N) is 1. The predicted molar refractivity (Wildman–Crippen MR) is 55.7 cm³/mol. The van der Waals surface area contributed by atoms with E-state index in [4.69, 9.17) is 5.11 Å². The molecular formula is C11H23NO. The van der Waals surface area contributed by atoms with Crippen LogP contribution in [0.25, 0.3) is 0 Å². The van der Waals surface area contributed by atoms with E-state index in [0.29, 0.717) is 18.7 Å². The first-order valence-corrected chi connectivity index (χ1v) is 5.59. The van der Waals surface area contributed by atoms with Crippen molar-refractivity contribution in [1.82, 2.24) is 5.32 Å². The number of hydrogen-bond donors (Lipinski definition) is 2. The molecule has 0 aromatic carbocycles. The van der Waals surface area contributed by atoms with Crippen LogP contribution in [0.5, 0.6) is 0 Å². The van der Waals surface area contributed by atoms with Crippen LogP contribution < -0.4 is 5.32 Å². The number of aliphatic hydroxyl groups excluding tert-OH is 1. The standard InChI is InChI=1S/C11H23NO/c1-9-3-5-11(6-4-9)12-10(2)7-8-13/h9-13H,3-8H2,1-2H3. The van der Waals surface area contributed by atoms with E-state index in [2.05, 4.69) is 19.2 Å². The molecule has 1 rings (SSSR count). The van der Waals surface area contributed by atoms with Crippen LogP contribution in [0.15, 0.2) is 0 Å². The molecule has 2 nitrogen and oxygen atoms in total. The lowest BCUT2D eigenvalue weighted by molar-refractivity contribution is 0.243. The summed E-state index contributed by atoms with van der Waals surface area (Å²) in [6.07, 6.45) is 6.24. The summed E-state index contributed by atoms with van der Waals surface area (Å²) >= 11 is 0. The Morgan fingerprint density at radius 3 is 2.46 bits per heavy atom. The summed E-state index contributed by atoms with van der Waals surface area (Å²) < 4.78 is 0. The highest BCUT2D eigenvalue weighted by atomic mass is 16.3. The van der Waals surface area contributed by atoms with Crippen molar-refractivity contribution in [1.29, 1.82) is 0 Å². The minimum atomic E-state index is 0.303. The average Bonchev–Trinajstić information content (AvgIpc) is 2.09. The number of hydrogen-bond acceptors (Lipinski definition) is 2. The van der Waals surface area contributed by atoms with Gasteiger partial charge in [-0.25, -0.2) is 0 Å². The molecule has 0 bridgehead atoms. The number of aliphatic hydroxyl groups is 1. The van der Waals surface area contributed by atoms with Crippen molar-refractivity contribution in [3.05, 3.63) is 0 Å². The van der Waals surface area contributed by atoms with Crippen LogP contribution in [-0.4, -0.2) is 23.8 Å². The van der Waals surface area contributed by atoms with Crippen LogP contribution in [-0.2, 0) is 0 Å². The molecule has 13 heavy (non-hydrogen) atoms. The van der Waals surface area contributed by atoms with E-state index in [9.17, 15) is 0 Å². The van der Waals surface area contributed by atoms with E-state index in [1.807, 2.05) is 0 Å². The van der Waals surface area contributed by atoms with Gasteiger partial charge in [0.05, 0.1) is 0 Å². The Kier molecular flexibility index (Phi) is 4.74. The van der Waals surface area contributed by atoms with Crippen LogP contribution in [0.3, 0.4) is 0 Å². The highest BCUT2D eigenvalue weighted by Gasteiger charge is 2.18. The first kappa shape index (κ1) is 11.0. The lowest BCUT2D eigenvalue weighted by Gasteiger charge is -2.29. The molecule has 0 saturated heterocycles. The van der Waals surface area contributed by atoms with E-state index in [1.165, 1.54) is 25.7 Å². The zero-order chi connectivity index (χ0) is 9.68. The van der Waals surface area contributed by atoms with E-state index < -0.39 is 0 Å². The summed E-state index contributed by atoms with van der Waals surface area (Å²) in [6.45, 7) is 4.80. The van der Waals surface area contributed by atoms with Crippen LogP contribution >= 0.6 is 0 Å². The lowest BCUT2D eigenvalue weighted by Crippen LogP contribution is -2.39. The van der Waals surface area contributed by atoms with Gasteiger partial charge in [-0.3, -0.25) is 0 Å². The molecule has 1 aliphatic rings. The van der Waals surface area contributed by atoms with Gasteiger partial charge in [-0.05, 0) is 44.9 Å². The topological polar surface area (TPSA) is 32.3 Å². The molecule has 0 radical (unpaired) electrons. The van der Waals surface area contributed by atoms with Gasteiger partial charge >= 0.3 is 0 Å². The maximum Gasteiger partial charge on any atom is 0.0445 e. The summed E-state index contributed by atoms with van der Waals surface area (Å²) in [5, 5.41) is 12.3. The van der Waals surface area contributed by atoms with Crippen LogP contribution in [0, 0.1) is 5.92 Å². The molecule has 0 aromatic rings. The molecule has 0 spiro atoms. The quantitative estimate of drug-likeness (QED) is 0.701. The van der Waals surface area contributed by atoms with Gasteiger partial charge in [-0.2, -0.15) is 0 Å². The summed E-state index contributed by atoms with van der Waals surface area (Å²) in [7, 11) is 0. The minimum absolute atomic E-state index is 0.303. The molecule has 1 aliphatic carbocycles. The molecule has 1 saturated carbocycles. The fourth-order valence-corrected chi connectivity index (χ4v) is 2.11. The monoisotopic (exact) mass is 185 g/mol. The van der Waals surface area contributed by atoms with Gasteiger partial charge in [0.2, 0.25) is 0 Å². The molecule has 78 valence electrons. The molecule has 1 atom stereocenters. The van der Waals surface area contributed by atoms with Gasteiger partial charge in [0, 0.05) is 18.7 Å². The van der Waals surface area contributed by atoms with Crippen molar-refractivity contribution in [3.8, 4) is 0 Å². The summed E-state index contributed by atoms with van der Waals surface area (Å²) in [5.41, 5.74) is 0. The van der Waals surface area contributed by atoms with Crippen molar-refractivity contribution >= 4 is 0 Å². The van der Waals surface area contributed by atoms with E-state index in [0.717, 1.165) is 12.3 Å². The SMILES string of the molecule is CC1CCC(NC(C)CCO)CC1. The first-order chi connectivity index (χ1) is 6.22. The first-order valence-electron chi connectivity index (χ1n) is 5.59. The van der Waals surface area contributed by atoms with Gasteiger partial charge in [-0.1, -0.05) is 6.92 Å². The van der Waals surface area contributed by atoms with Gasteiger partial charge in [0.1, 0.15) is 0 Å². The molecule has 1 unspecified atom stereocenters. The maximum atomic E-state index is 8.77. The third-order valence-corrected chi connectivity index (χ3v) is 3.10. The minimum Gasteiger partial charge on any atom is -0.396 e. The Labute approximate surface area is 81.7 Å². The van der Waals surface area contributed by atoms with Crippen molar-refractivity contribution in [2.45, 2.75) is 58.0 Å². The molecule has 2 N–H and O–H groups in total. The Hall–Kier alpha value is -0.0800. The molecule has 1 fully saturated rings. The van der Waals surface area contributed by atoms with Crippen molar-refractivity contribution in [2.75, 3.05) is 6.61 Å². The zero-order valence-electron chi connectivity index (χ0n) is 8.92. The molecule has 0 aliphatic heterocycles. The molecular weight excluding hydrogens is 162 g/mol. The Bertz CT molecular complexity index is 130. The fourth-order valence-electron chi connectivity index (χ4n) is 2.11. The van der Waals surface area contributed by atoms with E-state index >= 15 is 0 Å². The second-order valence-corrected chi connectivity index (χ2v) is 4.54. The summed E-state index contributed by atoms with van der Waals surface area (Å²) in [6, 6.07) is 1.18.